The highest BCUT2D eigenvalue weighted by molar-refractivity contribution is 6.43. The Bertz CT molecular complexity index is 410. The summed E-state index contributed by atoms with van der Waals surface area (Å²) in [5.41, 5.74) is -0.121. The fourth-order valence-electron chi connectivity index (χ4n) is 1.03. The van der Waals surface area contributed by atoms with E-state index in [0.717, 1.165) is 0 Å². The largest absolute Gasteiger partial charge is 0.432 e. The van der Waals surface area contributed by atoms with Crippen molar-refractivity contribution in [3.05, 3.63) is 27.7 Å². The van der Waals surface area contributed by atoms with Crippen molar-refractivity contribution in [1.82, 2.24) is 0 Å². The zero-order chi connectivity index (χ0) is 12.3. The molecule has 0 atom stereocenters. The molecule has 0 aliphatic carbocycles. The fourth-order valence-corrected chi connectivity index (χ4v) is 1.53. The Morgan fingerprint density at radius 3 is 2.50 bits per heavy atom. The monoisotopic (exact) mass is 288 g/mol. The molecule has 1 aromatic carbocycles. The molecule has 0 fully saturated rings. The highest BCUT2D eigenvalue weighted by atomic mass is 35.5. The van der Waals surface area contributed by atoms with E-state index in [-0.39, 0.29) is 21.5 Å². The maximum Gasteiger partial charge on any atom is 0.387 e. The maximum absolute atomic E-state index is 12.1. The van der Waals surface area contributed by atoms with Crippen LogP contribution in [-0.4, -0.2) is 18.3 Å². The van der Waals surface area contributed by atoms with Gasteiger partial charge in [-0.25, -0.2) is 0 Å². The molecule has 0 spiro atoms. The van der Waals surface area contributed by atoms with E-state index in [2.05, 4.69) is 4.74 Å². The Kier molecular flexibility index (Phi) is 4.77. The minimum Gasteiger partial charge on any atom is -0.432 e. The number of carbonyl (C=O) groups is 1. The molecule has 0 radical (unpaired) electrons. The summed E-state index contributed by atoms with van der Waals surface area (Å²) in [5, 5.41) is -0.221. The summed E-state index contributed by atoms with van der Waals surface area (Å²) in [5.74, 6) is -1.39. The Balaban J connectivity index is 3.27. The molecule has 0 heterocycles. The Morgan fingerprint density at radius 1 is 1.38 bits per heavy atom. The molecule has 0 aliphatic rings. The van der Waals surface area contributed by atoms with Crippen molar-refractivity contribution in [2.75, 3.05) is 5.88 Å². The molecule has 0 saturated heterocycles. The summed E-state index contributed by atoms with van der Waals surface area (Å²) in [7, 11) is 0. The third kappa shape index (κ3) is 2.97. The second kappa shape index (κ2) is 5.66. The van der Waals surface area contributed by atoms with Crippen LogP contribution in [0.4, 0.5) is 8.78 Å². The molecule has 0 aliphatic heterocycles. The van der Waals surface area contributed by atoms with Gasteiger partial charge in [-0.1, -0.05) is 23.2 Å². The summed E-state index contributed by atoms with van der Waals surface area (Å²) >= 11 is 16.6. The van der Waals surface area contributed by atoms with Crippen LogP contribution < -0.4 is 4.74 Å². The molecule has 0 N–H and O–H groups in total. The Morgan fingerprint density at radius 2 is 2.00 bits per heavy atom. The van der Waals surface area contributed by atoms with Crippen LogP contribution in [0, 0.1) is 0 Å². The standard InChI is InChI=1S/C9H5Cl3F2O2/c10-3-6(15)4-1-2-5(11)7(12)8(4)16-9(13)14/h1-2,9H,3H2. The van der Waals surface area contributed by atoms with E-state index in [9.17, 15) is 13.6 Å². The van der Waals surface area contributed by atoms with Crippen LogP contribution in [0.3, 0.4) is 0 Å². The predicted octanol–water partition coefficient (Wildman–Crippen LogP) is 4.02. The minimum absolute atomic E-state index is 0.0171. The molecule has 88 valence electrons. The molecule has 2 nitrogen and oxygen atoms in total. The molecule has 0 saturated carbocycles. The SMILES string of the molecule is O=C(CCl)c1ccc(Cl)c(Cl)c1OC(F)F. The van der Waals surface area contributed by atoms with Gasteiger partial charge in [0.2, 0.25) is 0 Å². The molecular weight excluding hydrogens is 284 g/mol. The highest BCUT2D eigenvalue weighted by Crippen LogP contribution is 2.36. The lowest BCUT2D eigenvalue weighted by Crippen LogP contribution is -2.09. The van der Waals surface area contributed by atoms with Crippen LogP contribution in [0.5, 0.6) is 5.75 Å². The van der Waals surface area contributed by atoms with Gasteiger partial charge in [-0.3, -0.25) is 4.79 Å². The first kappa shape index (κ1) is 13.5. The van der Waals surface area contributed by atoms with Crippen molar-refractivity contribution in [2.24, 2.45) is 0 Å². The average Bonchev–Trinajstić information content (AvgIpc) is 2.23. The van der Waals surface area contributed by atoms with E-state index in [1.54, 1.807) is 0 Å². The molecule has 7 heteroatoms. The number of halogens is 5. The Hall–Kier alpha value is -0.580. The first-order valence-electron chi connectivity index (χ1n) is 3.99. The van der Waals surface area contributed by atoms with E-state index < -0.39 is 18.1 Å². The highest BCUT2D eigenvalue weighted by Gasteiger charge is 2.20. The van der Waals surface area contributed by atoms with Crippen molar-refractivity contribution < 1.29 is 18.3 Å². The van der Waals surface area contributed by atoms with Crippen molar-refractivity contribution in [1.29, 1.82) is 0 Å². The van der Waals surface area contributed by atoms with E-state index in [1.165, 1.54) is 12.1 Å². The first-order valence-corrected chi connectivity index (χ1v) is 5.28. The van der Waals surface area contributed by atoms with Gasteiger partial charge in [-0.15, -0.1) is 11.6 Å². The van der Waals surface area contributed by atoms with Crippen LogP contribution in [0.1, 0.15) is 10.4 Å². The summed E-state index contributed by atoms with van der Waals surface area (Å²) in [6.45, 7) is -3.10. The average molecular weight is 289 g/mol. The molecule has 0 unspecified atom stereocenters. The minimum atomic E-state index is -3.10. The van der Waals surface area contributed by atoms with Crippen LogP contribution >= 0.6 is 34.8 Å². The third-order valence-electron chi connectivity index (χ3n) is 1.68. The summed E-state index contributed by atoms with van der Waals surface area (Å²) in [6, 6.07) is 2.54. The fraction of sp³-hybridized carbons (Fsp3) is 0.222. The number of ketones is 1. The summed E-state index contributed by atoms with van der Waals surface area (Å²) in [4.78, 5) is 11.3. The van der Waals surface area contributed by atoms with E-state index in [1.807, 2.05) is 0 Å². The lowest BCUT2D eigenvalue weighted by atomic mass is 10.1. The summed E-state index contributed by atoms with van der Waals surface area (Å²) in [6.07, 6.45) is 0. The number of hydrogen-bond donors (Lipinski definition) is 0. The van der Waals surface area contributed by atoms with Gasteiger partial charge in [0.1, 0.15) is 5.02 Å². The van der Waals surface area contributed by atoms with Crippen LogP contribution in [0.15, 0.2) is 12.1 Å². The lowest BCUT2D eigenvalue weighted by Gasteiger charge is -2.11. The molecule has 0 bridgehead atoms. The molecule has 16 heavy (non-hydrogen) atoms. The summed E-state index contributed by atoms with van der Waals surface area (Å²) < 4.78 is 28.4. The Labute approximate surface area is 105 Å². The van der Waals surface area contributed by atoms with Gasteiger partial charge in [0, 0.05) is 0 Å². The van der Waals surface area contributed by atoms with Gasteiger partial charge in [0.05, 0.1) is 16.5 Å². The van der Waals surface area contributed by atoms with Gasteiger partial charge in [-0.05, 0) is 12.1 Å². The van der Waals surface area contributed by atoms with Gasteiger partial charge in [-0.2, -0.15) is 8.78 Å². The molecule has 0 amide bonds. The van der Waals surface area contributed by atoms with Crippen molar-refractivity contribution in [3.63, 3.8) is 0 Å². The quantitative estimate of drug-likeness (QED) is 0.618. The first-order chi connectivity index (χ1) is 7.47. The number of alkyl halides is 3. The number of Topliss-reactive ketones (excluding diaryl/α,β-unsaturated/α-hetero) is 1. The van der Waals surface area contributed by atoms with Crippen molar-refractivity contribution in [3.8, 4) is 5.75 Å². The smallest absolute Gasteiger partial charge is 0.387 e. The number of benzene rings is 1. The van der Waals surface area contributed by atoms with Crippen LogP contribution in [-0.2, 0) is 0 Å². The number of hydrogen-bond acceptors (Lipinski definition) is 2. The van der Waals surface area contributed by atoms with E-state index in [4.69, 9.17) is 34.8 Å². The van der Waals surface area contributed by atoms with Gasteiger partial charge in [0.15, 0.2) is 11.5 Å². The second-order valence-corrected chi connectivity index (χ2v) is 3.73. The van der Waals surface area contributed by atoms with Gasteiger partial charge < -0.3 is 4.74 Å². The third-order valence-corrected chi connectivity index (χ3v) is 2.71. The molecule has 0 aromatic heterocycles. The number of ether oxygens (including phenoxy) is 1. The molecular formula is C9H5Cl3F2O2. The second-order valence-electron chi connectivity index (χ2n) is 2.67. The normalized spacial score (nSPS) is 10.6. The zero-order valence-electron chi connectivity index (χ0n) is 7.65. The van der Waals surface area contributed by atoms with Crippen LogP contribution in [0.25, 0.3) is 0 Å². The molecule has 1 rings (SSSR count). The predicted molar refractivity (Wildman–Crippen MR) is 58.1 cm³/mol. The van der Waals surface area contributed by atoms with Gasteiger partial charge >= 0.3 is 6.61 Å². The zero-order valence-corrected chi connectivity index (χ0v) is 9.91. The van der Waals surface area contributed by atoms with E-state index in [0.29, 0.717) is 0 Å². The number of rotatable bonds is 4. The van der Waals surface area contributed by atoms with E-state index >= 15 is 0 Å². The van der Waals surface area contributed by atoms with Crippen molar-refractivity contribution in [2.45, 2.75) is 6.61 Å². The van der Waals surface area contributed by atoms with Crippen LogP contribution in [0.2, 0.25) is 10.0 Å². The molecule has 1 aromatic rings. The van der Waals surface area contributed by atoms with Crippen molar-refractivity contribution >= 4 is 40.6 Å². The number of carbonyl (C=O) groups excluding carboxylic acids is 1. The lowest BCUT2D eigenvalue weighted by molar-refractivity contribution is -0.0500. The maximum atomic E-state index is 12.1. The van der Waals surface area contributed by atoms with Gasteiger partial charge in [0.25, 0.3) is 0 Å². The topological polar surface area (TPSA) is 26.3 Å².